The van der Waals surface area contributed by atoms with Crippen LogP contribution in [-0.4, -0.2) is 24.1 Å². The Morgan fingerprint density at radius 2 is 2.00 bits per heavy atom. The molecule has 18 heavy (non-hydrogen) atoms. The van der Waals surface area contributed by atoms with Gasteiger partial charge >= 0.3 is 0 Å². The Balaban J connectivity index is 1.97. The van der Waals surface area contributed by atoms with Crippen LogP contribution in [0.4, 0.5) is 11.4 Å². The van der Waals surface area contributed by atoms with Crippen LogP contribution in [0, 0.1) is 0 Å². The van der Waals surface area contributed by atoms with E-state index in [1.54, 1.807) is 0 Å². The molecule has 5 heteroatoms. The van der Waals surface area contributed by atoms with E-state index in [0.717, 1.165) is 28.9 Å². The Kier molecular flexibility index (Phi) is 3.03. The molecule has 4 nitrogen and oxygen atoms in total. The van der Waals surface area contributed by atoms with Crippen LogP contribution >= 0.6 is 15.9 Å². The minimum atomic E-state index is -1.04. The number of hydrogen-bond acceptors (Lipinski definition) is 3. The molecule has 3 rings (SSSR count). The number of aliphatic hydroxyl groups is 1. The van der Waals surface area contributed by atoms with Gasteiger partial charge in [-0.25, -0.2) is 0 Å². The highest BCUT2D eigenvalue weighted by atomic mass is 79.9. The van der Waals surface area contributed by atoms with Crippen molar-refractivity contribution in [2.45, 2.75) is 25.4 Å². The first-order valence-corrected chi connectivity index (χ1v) is 7.03. The summed E-state index contributed by atoms with van der Waals surface area (Å²) in [4.78, 5) is 13.8. The minimum absolute atomic E-state index is 0.340. The topological polar surface area (TPSA) is 52.6 Å². The molecule has 0 spiro atoms. The number of carbonyl (C=O) groups excluding carboxylic acids is 1. The molecule has 1 saturated heterocycles. The highest BCUT2D eigenvalue weighted by Crippen LogP contribution is 2.39. The number of halogens is 1. The molecular formula is C13H15BrN2O2. The third-order valence-corrected chi connectivity index (χ3v) is 4.25. The van der Waals surface area contributed by atoms with Crippen LogP contribution in [0.1, 0.15) is 30.9 Å². The first-order chi connectivity index (χ1) is 8.66. The van der Waals surface area contributed by atoms with E-state index in [9.17, 15) is 9.90 Å². The van der Waals surface area contributed by atoms with Crippen molar-refractivity contribution in [2.24, 2.45) is 0 Å². The molecule has 0 saturated carbocycles. The number of benzene rings is 1. The largest absolute Gasteiger partial charge is 0.378 e. The number of nitrogens with one attached hydrogen (secondary N) is 1. The second kappa shape index (κ2) is 4.55. The van der Waals surface area contributed by atoms with E-state index in [1.807, 2.05) is 12.1 Å². The van der Waals surface area contributed by atoms with Gasteiger partial charge in [0.15, 0.2) is 6.10 Å². The Hall–Kier alpha value is -1.07. The average Bonchev–Trinajstić information content (AvgIpc) is 2.66. The van der Waals surface area contributed by atoms with E-state index < -0.39 is 6.10 Å². The predicted molar refractivity (Wildman–Crippen MR) is 73.8 cm³/mol. The number of carbonyl (C=O) groups is 1. The van der Waals surface area contributed by atoms with E-state index in [1.165, 1.54) is 19.3 Å². The Labute approximate surface area is 114 Å². The number of amides is 1. The van der Waals surface area contributed by atoms with Gasteiger partial charge in [-0.1, -0.05) is 0 Å². The second-order valence-corrected chi connectivity index (χ2v) is 5.68. The van der Waals surface area contributed by atoms with Crippen molar-refractivity contribution in [3.05, 3.63) is 22.2 Å². The molecule has 96 valence electrons. The molecular weight excluding hydrogens is 296 g/mol. The molecule has 2 N–H and O–H groups in total. The molecule has 2 aliphatic heterocycles. The van der Waals surface area contributed by atoms with E-state index in [-0.39, 0.29) is 5.91 Å². The highest BCUT2D eigenvalue weighted by molar-refractivity contribution is 9.10. The lowest BCUT2D eigenvalue weighted by Crippen LogP contribution is -2.29. The molecule has 2 aliphatic rings. The predicted octanol–water partition coefficient (Wildman–Crippen LogP) is 2.42. The van der Waals surface area contributed by atoms with Crippen LogP contribution in [0.15, 0.2) is 16.6 Å². The van der Waals surface area contributed by atoms with Crippen molar-refractivity contribution in [2.75, 3.05) is 23.3 Å². The lowest BCUT2D eigenvalue weighted by Gasteiger charge is -2.30. The van der Waals surface area contributed by atoms with Gasteiger partial charge in [0, 0.05) is 28.8 Å². The Bertz CT molecular complexity index is 498. The van der Waals surface area contributed by atoms with Gasteiger partial charge < -0.3 is 15.3 Å². The number of piperidine rings is 1. The van der Waals surface area contributed by atoms with Crippen molar-refractivity contribution in [1.29, 1.82) is 0 Å². The number of rotatable bonds is 1. The van der Waals surface area contributed by atoms with Gasteiger partial charge in [-0.15, -0.1) is 0 Å². The molecule has 1 amide bonds. The summed E-state index contributed by atoms with van der Waals surface area (Å²) >= 11 is 3.54. The summed E-state index contributed by atoms with van der Waals surface area (Å²) < 4.78 is 0.943. The lowest BCUT2D eigenvalue weighted by molar-refractivity contribution is -0.123. The maximum absolute atomic E-state index is 11.4. The van der Waals surface area contributed by atoms with Gasteiger partial charge in [-0.2, -0.15) is 0 Å². The first kappa shape index (κ1) is 12.0. The molecule has 1 aromatic rings. The van der Waals surface area contributed by atoms with Gasteiger partial charge in [-0.3, -0.25) is 4.79 Å². The van der Waals surface area contributed by atoms with Gasteiger partial charge in [-0.05, 0) is 47.3 Å². The Morgan fingerprint density at radius 3 is 2.72 bits per heavy atom. The van der Waals surface area contributed by atoms with Crippen molar-refractivity contribution in [1.82, 2.24) is 0 Å². The highest BCUT2D eigenvalue weighted by Gasteiger charge is 2.30. The fraction of sp³-hybridized carbons (Fsp3) is 0.462. The fourth-order valence-electron chi connectivity index (χ4n) is 2.63. The van der Waals surface area contributed by atoms with Crippen LogP contribution in [0.5, 0.6) is 0 Å². The van der Waals surface area contributed by atoms with Gasteiger partial charge in [0.25, 0.3) is 5.91 Å². The zero-order chi connectivity index (χ0) is 12.7. The quantitative estimate of drug-likeness (QED) is 0.837. The first-order valence-electron chi connectivity index (χ1n) is 6.24. The maximum atomic E-state index is 11.4. The monoisotopic (exact) mass is 310 g/mol. The third-order valence-electron chi connectivity index (χ3n) is 3.62. The summed E-state index contributed by atoms with van der Waals surface area (Å²) in [6.45, 7) is 2.10. The molecule has 1 atom stereocenters. The fourth-order valence-corrected chi connectivity index (χ4v) is 3.24. The zero-order valence-corrected chi connectivity index (χ0v) is 11.5. The lowest BCUT2D eigenvalue weighted by atomic mass is 10.1. The second-order valence-electron chi connectivity index (χ2n) is 4.83. The molecule has 1 unspecified atom stereocenters. The Morgan fingerprint density at radius 1 is 1.28 bits per heavy atom. The smallest absolute Gasteiger partial charge is 0.257 e. The number of aliphatic hydroxyl groups excluding tert-OH is 1. The molecule has 0 aliphatic carbocycles. The summed E-state index contributed by atoms with van der Waals surface area (Å²) in [6.07, 6.45) is 2.66. The number of fused-ring (bicyclic) bond motifs is 1. The van der Waals surface area contributed by atoms with Gasteiger partial charge in [0.05, 0.1) is 5.69 Å². The summed E-state index contributed by atoms with van der Waals surface area (Å²) in [5, 5.41) is 12.4. The number of nitrogens with zero attached hydrogens (tertiary/aromatic N) is 1. The summed E-state index contributed by atoms with van der Waals surface area (Å²) in [7, 11) is 0. The van der Waals surface area contributed by atoms with Crippen molar-refractivity contribution in [3.8, 4) is 0 Å². The zero-order valence-electron chi connectivity index (χ0n) is 9.95. The molecule has 0 radical (unpaired) electrons. The maximum Gasteiger partial charge on any atom is 0.257 e. The van der Waals surface area contributed by atoms with Gasteiger partial charge in [0.1, 0.15) is 0 Å². The van der Waals surface area contributed by atoms with Crippen LogP contribution < -0.4 is 10.2 Å². The summed E-state index contributed by atoms with van der Waals surface area (Å²) in [5.41, 5.74) is 2.49. The third kappa shape index (κ3) is 1.91. The van der Waals surface area contributed by atoms with Crippen LogP contribution in [0.3, 0.4) is 0 Å². The SMILES string of the molecule is O=C1Nc2cc(N3CCCCC3)c(Br)cc2C1O. The van der Waals surface area contributed by atoms with Crippen molar-refractivity contribution >= 4 is 33.2 Å². The summed E-state index contributed by atoms with van der Waals surface area (Å²) in [6, 6.07) is 3.81. The van der Waals surface area contributed by atoms with Crippen molar-refractivity contribution in [3.63, 3.8) is 0 Å². The van der Waals surface area contributed by atoms with Crippen LogP contribution in [0.2, 0.25) is 0 Å². The van der Waals surface area contributed by atoms with E-state index in [4.69, 9.17) is 0 Å². The van der Waals surface area contributed by atoms with Crippen LogP contribution in [-0.2, 0) is 4.79 Å². The van der Waals surface area contributed by atoms with Gasteiger partial charge in [0.2, 0.25) is 0 Å². The molecule has 1 fully saturated rings. The average molecular weight is 311 g/mol. The summed E-state index contributed by atoms with van der Waals surface area (Å²) in [5.74, 6) is -0.340. The molecule has 0 aromatic heterocycles. The molecule has 0 bridgehead atoms. The number of anilines is 2. The normalized spacial score (nSPS) is 22.9. The minimum Gasteiger partial charge on any atom is -0.378 e. The molecule has 1 aromatic carbocycles. The van der Waals surface area contributed by atoms with Crippen LogP contribution in [0.25, 0.3) is 0 Å². The van der Waals surface area contributed by atoms with E-state index in [2.05, 4.69) is 26.1 Å². The number of hydrogen-bond donors (Lipinski definition) is 2. The van der Waals surface area contributed by atoms with E-state index >= 15 is 0 Å². The van der Waals surface area contributed by atoms with E-state index in [0.29, 0.717) is 5.56 Å². The van der Waals surface area contributed by atoms with Crippen molar-refractivity contribution < 1.29 is 9.90 Å². The standard InChI is InChI=1S/C13H15BrN2O2/c14-9-6-8-10(15-13(18)12(8)17)7-11(9)16-4-2-1-3-5-16/h6-7,12,17H,1-5H2,(H,15,18). The molecule has 2 heterocycles.